The first-order valence-electron chi connectivity index (χ1n) is 7.94. The lowest BCUT2D eigenvalue weighted by Crippen LogP contribution is -2.43. The maximum absolute atomic E-state index is 12.3. The number of rotatable bonds is 5. The largest absolute Gasteiger partial charge is 0.481 e. The number of amides is 1. The molecule has 1 aliphatic rings. The Bertz CT molecular complexity index is 757. The Labute approximate surface area is 134 Å². The van der Waals surface area contributed by atoms with Crippen LogP contribution in [0.25, 0.3) is 11.0 Å². The van der Waals surface area contributed by atoms with E-state index in [0.29, 0.717) is 12.8 Å². The minimum absolute atomic E-state index is 0.0337. The fraction of sp³-hybridized carbons (Fsp3) is 0.444. The van der Waals surface area contributed by atoms with Gasteiger partial charge in [0.15, 0.2) is 0 Å². The van der Waals surface area contributed by atoms with Gasteiger partial charge in [-0.25, -0.2) is 0 Å². The molecular formula is C18H21NO4. The van der Waals surface area contributed by atoms with E-state index < -0.39 is 11.4 Å². The molecule has 1 heterocycles. The first-order chi connectivity index (χ1) is 10.9. The van der Waals surface area contributed by atoms with Crippen LogP contribution in [0.1, 0.15) is 50.0 Å². The SMILES string of the molecule is Cc1c(C(C)NC(=O)CC2(C(=O)O)CCC2)oc2ccccc12. The Morgan fingerprint density at radius 1 is 1.35 bits per heavy atom. The fourth-order valence-corrected chi connectivity index (χ4v) is 3.34. The van der Waals surface area contributed by atoms with E-state index in [4.69, 9.17) is 4.42 Å². The van der Waals surface area contributed by atoms with Crippen molar-refractivity contribution in [3.8, 4) is 0 Å². The van der Waals surface area contributed by atoms with Gasteiger partial charge in [0, 0.05) is 17.4 Å². The highest BCUT2D eigenvalue weighted by Crippen LogP contribution is 2.44. The lowest BCUT2D eigenvalue weighted by atomic mass is 9.66. The summed E-state index contributed by atoms with van der Waals surface area (Å²) in [5, 5.41) is 13.2. The number of aliphatic carboxylic acids is 1. The highest BCUT2D eigenvalue weighted by atomic mass is 16.4. The Hall–Kier alpha value is -2.30. The predicted molar refractivity (Wildman–Crippen MR) is 86.0 cm³/mol. The van der Waals surface area contributed by atoms with Crippen LogP contribution >= 0.6 is 0 Å². The number of benzene rings is 1. The molecule has 0 spiro atoms. The third-order valence-corrected chi connectivity index (χ3v) is 4.91. The van der Waals surface area contributed by atoms with Crippen LogP contribution in [0, 0.1) is 12.3 Å². The van der Waals surface area contributed by atoms with E-state index >= 15 is 0 Å². The summed E-state index contributed by atoms with van der Waals surface area (Å²) in [6.07, 6.45) is 2.06. The van der Waals surface area contributed by atoms with Gasteiger partial charge in [0.2, 0.25) is 5.91 Å². The van der Waals surface area contributed by atoms with E-state index in [-0.39, 0.29) is 18.4 Å². The summed E-state index contributed by atoms with van der Waals surface area (Å²) in [5.41, 5.74) is 0.930. The number of furan rings is 1. The number of carboxylic acid groups (broad SMARTS) is 1. The number of hydrogen-bond donors (Lipinski definition) is 2. The standard InChI is InChI=1S/C18H21NO4/c1-11-13-6-3-4-7-14(13)23-16(11)12(2)19-15(20)10-18(17(21)22)8-5-9-18/h3-4,6-7,12H,5,8-10H2,1-2H3,(H,19,20)(H,21,22). The number of hydrogen-bond acceptors (Lipinski definition) is 3. The van der Waals surface area contributed by atoms with Crippen molar-refractivity contribution < 1.29 is 19.1 Å². The minimum atomic E-state index is -0.869. The maximum Gasteiger partial charge on any atom is 0.310 e. The molecule has 1 aromatic carbocycles. The molecule has 5 nitrogen and oxygen atoms in total. The van der Waals surface area contributed by atoms with Crippen LogP contribution in [0.15, 0.2) is 28.7 Å². The number of nitrogens with one attached hydrogen (secondary N) is 1. The van der Waals surface area contributed by atoms with Gasteiger partial charge < -0.3 is 14.8 Å². The van der Waals surface area contributed by atoms with Crippen LogP contribution in [0.4, 0.5) is 0 Å². The molecule has 1 unspecified atom stereocenters. The highest BCUT2D eigenvalue weighted by Gasteiger charge is 2.46. The molecule has 0 radical (unpaired) electrons. The first-order valence-corrected chi connectivity index (χ1v) is 7.94. The summed E-state index contributed by atoms with van der Waals surface area (Å²) in [4.78, 5) is 23.6. The van der Waals surface area contributed by atoms with Crippen LogP contribution in [0.2, 0.25) is 0 Å². The summed E-state index contributed by atoms with van der Waals surface area (Å²) in [7, 11) is 0. The predicted octanol–water partition coefficient (Wildman–Crippen LogP) is 3.56. The number of carbonyl (C=O) groups is 2. The van der Waals surface area contributed by atoms with Crippen molar-refractivity contribution in [3.05, 3.63) is 35.6 Å². The molecule has 5 heteroatoms. The number of para-hydroxylation sites is 1. The molecule has 23 heavy (non-hydrogen) atoms. The Morgan fingerprint density at radius 3 is 2.61 bits per heavy atom. The molecule has 0 aliphatic heterocycles. The average Bonchev–Trinajstić information content (AvgIpc) is 2.80. The van der Waals surface area contributed by atoms with Gasteiger partial charge in [0.25, 0.3) is 0 Å². The van der Waals surface area contributed by atoms with Crippen molar-refractivity contribution in [2.75, 3.05) is 0 Å². The Balaban J connectivity index is 1.73. The van der Waals surface area contributed by atoms with Crippen molar-refractivity contribution >= 4 is 22.8 Å². The van der Waals surface area contributed by atoms with Crippen LogP contribution < -0.4 is 5.32 Å². The summed E-state index contributed by atoms with van der Waals surface area (Å²) < 4.78 is 5.85. The third-order valence-electron chi connectivity index (χ3n) is 4.91. The number of carbonyl (C=O) groups excluding carboxylic acids is 1. The second-order valence-electron chi connectivity index (χ2n) is 6.49. The second kappa shape index (κ2) is 5.72. The average molecular weight is 315 g/mol. The number of aryl methyl sites for hydroxylation is 1. The van der Waals surface area contributed by atoms with Gasteiger partial charge in [-0.15, -0.1) is 0 Å². The quantitative estimate of drug-likeness (QED) is 0.884. The van der Waals surface area contributed by atoms with Crippen molar-refractivity contribution in [3.63, 3.8) is 0 Å². The molecule has 2 N–H and O–H groups in total. The molecule has 0 saturated heterocycles. The van der Waals surface area contributed by atoms with Gasteiger partial charge in [-0.05, 0) is 32.8 Å². The Kier molecular flexibility index (Phi) is 3.88. The summed E-state index contributed by atoms with van der Waals surface area (Å²) >= 11 is 0. The van der Waals surface area contributed by atoms with E-state index in [0.717, 1.165) is 28.7 Å². The smallest absolute Gasteiger partial charge is 0.310 e. The summed E-state index contributed by atoms with van der Waals surface area (Å²) in [6.45, 7) is 3.82. The zero-order chi connectivity index (χ0) is 16.6. The van der Waals surface area contributed by atoms with Crippen molar-refractivity contribution in [1.29, 1.82) is 0 Å². The van der Waals surface area contributed by atoms with Crippen LogP contribution in [-0.4, -0.2) is 17.0 Å². The molecule has 1 aliphatic carbocycles. The van der Waals surface area contributed by atoms with E-state index in [1.165, 1.54) is 0 Å². The van der Waals surface area contributed by atoms with E-state index in [9.17, 15) is 14.7 Å². The molecule has 0 bridgehead atoms. The van der Waals surface area contributed by atoms with Crippen molar-refractivity contribution in [2.45, 2.75) is 45.6 Å². The molecule has 1 aromatic heterocycles. The molecule has 1 atom stereocenters. The van der Waals surface area contributed by atoms with Gasteiger partial charge in [-0.2, -0.15) is 0 Å². The topological polar surface area (TPSA) is 79.5 Å². The molecule has 1 fully saturated rings. The maximum atomic E-state index is 12.3. The molecule has 2 aromatic rings. The molecule has 1 amide bonds. The van der Waals surface area contributed by atoms with Crippen molar-refractivity contribution in [2.24, 2.45) is 5.41 Å². The zero-order valence-corrected chi connectivity index (χ0v) is 13.4. The lowest BCUT2D eigenvalue weighted by molar-refractivity contribution is -0.157. The van der Waals surface area contributed by atoms with Crippen LogP contribution in [-0.2, 0) is 9.59 Å². The second-order valence-corrected chi connectivity index (χ2v) is 6.49. The molecular weight excluding hydrogens is 294 g/mol. The van der Waals surface area contributed by atoms with E-state index in [1.807, 2.05) is 38.1 Å². The van der Waals surface area contributed by atoms with Gasteiger partial charge in [-0.3, -0.25) is 9.59 Å². The van der Waals surface area contributed by atoms with E-state index in [2.05, 4.69) is 5.32 Å². The third kappa shape index (κ3) is 2.71. The first kappa shape index (κ1) is 15.6. The fourth-order valence-electron chi connectivity index (χ4n) is 3.34. The van der Waals surface area contributed by atoms with Gasteiger partial charge >= 0.3 is 5.97 Å². The monoisotopic (exact) mass is 315 g/mol. The van der Waals surface area contributed by atoms with Crippen LogP contribution in [0.3, 0.4) is 0 Å². The minimum Gasteiger partial charge on any atom is -0.481 e. The molecule has 1 saturated carbocycles. The van der Waals surface area contributed by atoms with Gasteiger partial charge in [-0.1, -0.05) is 24.6 Å². The normalized spacial score (nSPS) is 17.5. The van der Waals surface area contributed by atoms with Crippen molar-refractivity contribution in [1.82, 2.24) is 5.32 Å². The zero-order valence-electron chi connectivity index (χ0n) is 13.4. The number of carboxylic acids is 1. The van der Waals surface area contributed by atoms with Gasteiger partial charge in [0.1, 0.15) is 11.3 Å². The molecule has 122 valence electrons. The summed E-state index contributed by atoms with van der Waals surface area (Å²) in [6, 6.07) is 7.45. The van der Waals surface area contributed by atoms with E-state index in [1.54, 1.807) is 0 Å². The number of fused-ring (bicyclic) bond motifs is 1. The highest BCUT2D eigenvalue weighted by molar-refractivity contribution is 5.86. The summed E-state index contributed by atoms with van der Waals surface area (Å²) in [5.74, 6) is -0.386. The molecule has 3 rings (SSSR count). The lowest BCUT2D eigenvalue weighted by Gasteiger charge is -2.37. The Morgan fingerprint density at radius 2 is 2.04 bits per heavy atom. The van der Waals surface area contributed by atoms with Crippen LogP contribution in [0.5, 0.6) is 0 Å². The van der Waals surface area contributed by atoms with Gasteiger partial charge in [0.05, 0.1) is 11.5 Å².